The number of aliphatic hydroxyl groups excluding tert-OH is 1. The second-order valence-electron chi connectivity index (χ2n) is 8.65. The van der Waals surface area contributed by atoms with Gasteiger partial charge in [0, 0.05) is 0 Å². The number of amides is 1. The summed E-state index contributed by atoms with van der Waals surface area (Å²) in [7, 11) is 0. The first-order chi connectivity index (χ1) is 12.1. The Morgan fingerprint density at radius 2 is 1.88 bits per heavy atom. The second kappa shape index (κ2) is 10.3. The number of hydrogen-bond acceptors (Lipinski definition) is 4. The Bertz CT molecular complexity index is 453. The molecule has 0 aliphatic carbocycles. The normalized spacial score (nSPS) is 21.3. The molecule has 0 radical (unpaired) electrons. The quantitative estimate of drug-likeness (QED) is 0.457. The number of hydrogen-bond donors (Lipinski definition) is 1. The summed E-state index contributed by atoms with van der Waals surface area (Å²) in [5.74, 6) is 0. The summed E-state index contributed by atoms with van der Waals surface area (Å²) in [6.45, 7) is 11.7. The standard InChI is InChI=1S/C21H39NO4/c1-7-8-9-10-11-12-13-14-15-18(23)17-16-25-21(5,6)22(17)19(24)26-20(2,3)4/h14-15,17-18,23H,7-13,16H2,1-6H3/b15-14+/t17-,18+/m0/s1. The molecule has 0 saturated carbocycles. The molecule has 1 N–H and O–H groups in total. The number of allylic oxidation sites excluding steroid dienone is 1. The molecule has 0 spiro atoms. The summed E-state index contributed by atoms with van der Waals surface area (Å²) in [5.41, 5.74) is -1.38. The third kappa shape index (κ3) is 7.67. The van der Waals surface area contributed by atoms with Gasteiger partial charge in [0.2, 0.25) is 0 Å². The van der Waals surface area contributed by atoms with Crippen LogP contribution in [-0.4, -0.2) is 46.2 Å². The second-order valence-corrected chi connectivity index (χ2v) is 8.65. The van der Waals surface area contributed by atoms with Crippen molar-refractivity contribution in [2.75, 3.05) is 6.61 Å². The van der Waals surface area contributed by atoms with Gasteiger partial charge in [0.25, 0.3) is 0 Å². The van der Waals surface area contributed by atoms with Gasteiger partial charge in [-0.15, -0.1) is 0 Å². The van der Waals surface area contributed by atoms with E-state index in [1.165, 1.54) is 37.0 Å². The average Bonchev–Trinajstić information content (AvgIpc) is 2.83. The van der Waals surface area contributed by atoms with Crippen LogP contribution in [0.25, 0.3) is 0 Å². The van der Waals surface area contributed by atoms with Crippen LogP contribution in [0, 0.1) is 0 Å². The predicted molar refractivity (Wildman–Crippen MR) is 105 cm³/mol. The molecule has 1 fully saturated rings. The SMILES string of the molecule is CCCCCCCC/C=C/[C@@H](O)[C@@H]1COC(C)(C)N1C(=O)OC(C)(C)C. The van der Waals surface area contributed by atoms with E-state index in [1.54, 1.807) is 6.08 Å². The van der Waals surface area contributed by atoms with Crippen LogP contribution in [0.2, 0.25) is 0 Å². The van der Waals surface area contributed by atoms with E-state index in [0.29, 0.717) is 6.61 Å². The third-order valence-corrected chi connectivity index (χ3v) is 4.56. The van der Waals surface area contributed by atoms with Crippen molar-refractivity contribution >= 4 is 6.09 Å². The maximum absolute atomic E-state index is 12.6. The minimum absolute atomic E-state index is 0.300. The molecule has 5 nitrogen and oxygen atoms in total. The number of aliphatic hydroxyl groups is 1. The maximum Gasteiger partial charge on any atom is 0.413 e. The number of ether oxygens (including phenoxy) is 2. The highest BCUT2D eigenvalue weighted by Crippen LogP contribution is 2.31. The van der Waals surface area contributed by atoms with E-state index >= 15 is 0 Å². The van der Waals surface area contributed by atoms with Crippen LogP contribution in [0.4, 0.5) is 4.79 Å². The first-order valence-corrected chi connectivity index (χ1v) is 10.1. The Labute approximate surface area is 159 Å². The zero-order valence-electron chi connectivity index (χ0n) is 17.6. The summed E-state index contributed by atoms with van der Waals surface area (Å²) in [6, 6.07) is -0.430. The molecular weight excluding hydrogens is 330 g/mol. The summed E-state index contributed by atoms with van der Waals surface area (Å²) >= 11 is 0. The van der Waals surface area contributed by atoms with Crippen molar-refractivity contribution in [3.05, 3.63) is 12.2 Å². The molecule has 1 aliphatic rings. The van der Waals surface area contributed by atoms with Crippen LogP contribution in [0.5, 0.6) is 0 Å². The van der Waals surface area contributed by atoms with E-state index in [2.05, 4.69) is 6.92 Å². The van der Waals surface area contributed by atoms with Gasteiger partial charge in [-0.25, -0.2) is 4.79 Å². The van der Waals surface area contributed by atoms with Crippen LogP contribution in [0.3, 0.4) is 0 Å². The van der Waals surface area contributed by atoms with Crippen molar-refractivity contribution in [1.29, 1.82) is 0 Å². The van der Waals surface area contributed by atoms with E-state index in [0.717, 1.165) is 12.8 Å². The van der Waals surface area contributed by atoms with E-state index in [9.17, 15) is 9.90 Å². The van der Waals surface area contributed by atoms with Crippen molar-refractivity contribution in [2.45, 2.75) is 110 Å². The lowest BCUT2D eigenvalue weighted by Crippen LogP contribution is -2.53. The van der Waals surface area contributed by atoms with Gasteiger partial charge in [0.1, 0.15) is 11.3 Å². The van der Waals surface area contributed by atoms with Crippen molar-refractivity contribution in [3.8, 4) is 0 Å². The fourth-order valence-electron chi connectivity index (χ4n) is 3.16. The molecule has 1 heterocycles. The molecule has 1 aliphatic heterocycles. The van der Waals surface area contributed by atoms with Crippen molar-refractivity contribution < 1.29 is 19.4 Å². The highest BCUT2D eigenvalue weighted by atomic mass is 16.6. The van der Waals surface area contributed by atoms with Gasteiger partial charge in [0.05, 0.1) is 18.8 Å². The first kappa shape index (κ1) is 23.0. The Hall–Kier alpha value is -1.07. The summed E-state index contributed by atoms with van der Waals surface area (Å²) in [6.07, 6.45) is 11.1. The van der Waals surface area contributed by atoms with E-state index in [4.69, 9.17) is 9.47 Å². The fourth-order valence-corrected chi connectivity index (χ4v) is 3.16. The lowest BCUT2D eigenvalue weighted by molar-refractivity contribution is -0.0661. The molecule has 0 unspecified atom stereocenters. The molecular formula is C21H39NO4. The van der Waals surface area contributed by atoms with Gasteiger partial charge in [-0.2, -0.15) is 0 Å². The Kier molecular flexibility index (Phi) is 9.11. The van der Waals surface area contributed by atoms with Crippen LogP contribution < -0.4 is 0 Å². The molecule has 0 aromatic carbocycles. The molecule has 0 aromatic rings. The van der Waals surface area contributed by atoms with Crippen molar-refractivity contribution in [1.82, 2.24) is 4.90 Å². The van der Waals surface area contributed by atoms with E-state index in [1.807, 2.05) is 40.7 Å². The smallest absolute Gasteiger partial charge is 0.413 e. The fraction of sp³-hybridized carbons (Fsp3) is 0.857. The largest absolute Gasteiger partial charge is 0.444 e. The minimum Gasteiger partial charge on any atom is -0.444 e. The lowest BCUT2D eigenvalue weighted by Gasteiger charge is -2.36. The summed E-state index contributed by atoms with van der Waals surface area (Å²) in [4.78, 5) is 14.1. The summed E-state index contributed by atoms with van der Waals surface area (Å²) < 4.78 is 11.2. The zero-order chi connectivity index (χ0) is 19.8. The topological polar surface area (TPSA) is 59.0 Å². The molecule has 5 heteroatoms. The third-order valence-electron chi connectivity index (χ3n) is 4.56. The lowest BCUT2D eigenvalue weighted by atomic mass is 10.1. The van der Waals surface area contributed by atoms with Crippen LogP contribution in [0.15, 0.2) is 12.2 Å². The van der Waals surface area contributed by atoms with Gasteiger partial charge >= 0.3 is 6.09 Å². The van der Waals surface area contributed by atoms with Crippen LogP contribution >= 0.6 is 0 Å². The molecule has 152 valence electrons. The molecule has 2 atom stereocenters. The number of nitrogens with zero attached hydrogens (tertiary/aromatic N) is 1. The van der Waals surface area contributed by atoms with Gasteiger partial charge in [0.15, 0.2) is 0 Å². The predicted octanol–water partition coefficient (Wildman–Crippen LogP) is 5.03. The van der Waals surface area contributed by atoms with E-state index in [-0.39, 0.29) is 0 Å². The van der Waals surface area contributed by atoms with Crippen molar-refractivity contribution in [3.63, 3.8) is 0 Å². The number of carbonyl (C=O) groups excluding carboxylic acids is 1. The monoisotopic (exact) mass is 369 g/mol. The van der Waals surface area contributed by atoms with Gasteiger partial charge in [-0.3, -0.25) is 4.90 Å². The molecule has 0 bridgehead atoms. The van der Waals surface area contributed by atoms with Crippen LogP contribution in [-0.2, 0) is 9.47 Å². The molecule has 26 heavy (non-hydrogen) atoms. The Balaban J connectivity index is 2.53. The first-order valence-electron chi connectivity index (χ1n) is 10.1. The Morgan fingerprint density at radius 3 is 2.50 bits per heavy atom. The average molecular weight is 370 g/mol. The summed E-state index contributed by atoms with van der Waals surface area (Å²) in [5, 5.41) is 10.6. The van der Waals surface area contributed by atoms with E-state index < -0.39 is 29.6 Å². The Morgan fingerprint density at radius 1 is 1.27 bits per heavy atom. The maximum atomic E-state index is 12.6. The highest BCUT2D eigenvalue weighted by Gasteiger charge is 2.47. The minimum atomic E-state index is -0.791. The van der Waals surface area contributed by atoms with Crippen molar-refractivity contribution in [2.24, 2.45) is 0 Å². The molecule has 0 aromatic heterocycles. The molecule has 1 saturated heterocycles. The number of carbonyl (C=O) groups is 1. The molecule has 1 rings (SSSR count). The number of unbranched alkanes of at least 4 members (excludes halogenated alkanes) is 6. The van der Waals surface area contributed by atoms with Gasteiger partial charge in [-0.1, -0.05) is 51.2 Å². The molecule has 1 amide bonds. The van der Waals surface area contributed by atoms with Crippen LogP contribution in [0.1, 0.15) is 86.5 Å². The van der Waals surface area contributed by atoms with Gasteiger partial charge < -0.3 is 14.6 Å². The highest BCUT2D eigenvalue weighted by molar-refractivity contribution is 5.70. The zero-order valence-corrected chi connectivity index (χ0v) is 17.6. The van der Waals surface area contributed by atoms with Gasteiger partial charge in [-0.05, 0) is 47.5 Å². The number of rotatable bonds is 9.